The standard InChI is InChI=1S/C14H13F3N8O/c15-14(16,17)13-22-21-11-4-3-10(23-25(11)13)19-9-5-18-24(6-9)7-12(26)20-8-1-2-8/h3-6,8H,1-2,7H2,(H,19,23)(H,20,26). The number of aromatic nitrogens is 6. The van der Waals surface area contributed by atoms with E-state index in [2.05, 4.69) is 31.0 Å². The third kappa shape index (κ3) is 3.43. The maximum absolute atomic E-state index is 12.9. The van der Waals surface area contributed by atoms with Gasteiger partial charge in [-0.15, -0.1) is 15.3 Å². The molecule has 0 aliphatic heterocycles. The molecule has 0 radical (unpaired) electrons. The van der Waals surface area contributed by atoms with Crippen LogP contribution in [0.2, 0.25) is 0 Å². The highest BCUT2D eigenvalue weighted by atomic mass is 19.4. The molecule has 0 unspecified atom stereocenters. The third-order valence-electron chi connectivity index (χ3n) is 3.67. The monoisotopic (exact) mass is 366 g/mol. The molecular formula is C14H13F3N8O. The van der Waals surface area contributed by atoms with Crippen LogP contribution in [0.15, 0.2) is 24.5 Å². The highest BCUT2D eigenvalue weighted by Crippen LogP contribution is 2.27. The molecule has 0 spiro atoms. The van der Waals surface area contributed by atoms with Crippen LogP contribution in [0.5, 0.6) is 0 Å². The van der Waals surface area contributed by atoms with Gasteiger partial charge < -0.3 is 10.6 Å². The summed E-state index contributed by atoms with van der Waals surface area (Å²) >= 11 is 0. The topological polar surface area (TPSA) is 102 Å². The molecule has 0 bridgehead atoms. The Morgan fingerprint density at radius 1 is 1.27 bits per heavy atom. The molecular weight excluding hydrogens is 353 g/mol. The van der Waals surface area contributed by atoms with Gasteiger partial charge in [-0.05, 0) is 25.0 Å². The smallest absolute Gasteiger partial charge is 0.352 e. The maximum atomic E-state index is 12.9. The summed E-state index contributed by atoms with van der Waals surface area (Å²) in [7, 11) is 0. The number of rotatable bonds is 5. The fourth-order valence-corrected chi connectivity index (χ4v) is 2.34. The molecule has 1 fully saturated rings. The van der Waals surface area contributed by atoms with Crippen LogP contribution in [0.4, 0.5) is 24.7 Å². The average molecular weight is 366 g/mol. The number of anilines is 2. The summed E-state index contributed by atoms with van der Waals surface area (Å²) in [5, 5.41) is 20.1. The van der Waals surface area contributed by atoms with Crippen LogP contribution >= 0.6 is 0 Å². The Morgan fingerprint density at radius 3 is 2.81 bits per heavy atom. The van der Waals surface area contributed by atoms with Crippen molar-refractivity contribution < 1.29 is 18.0 Å². The van der Waals surface area contributed by atoms with E-state index >= 15 is 0 Å². The molecule has 0 atom stereocenters. The number of fused-ring (bicyclic) bond motifs is 1. The van der Waals surface area contributed by atoms with Crippen molar-refractivity contribution in [3.05, 3.63) is 30.4 Å². The van der Waals surface area contributed by atoms with Gasteiger partial charge in [-0.2, -0.15) is 22.8 Å². The number of hydrogen-bond donors (Lipinski definition) is 2. The second kappa shape index (κ2) is 5.97. The predicted molar refractivity (Wildman–Crippen MR) is 82.5 cm³/mol. The number of halogens is 3. The maximum Gasteiger partial charge on any atom is 0.453 e. The van der Waals surface area contributed by atoms with Gasteiger partial charge in [-0.25, -0.2) is 0 Å². The first kappa shape index (κ1) is 16.3. The SMILES string of the molecule is O=C(Cn1cc(Nc2ccc3nnc(C(F)(F)F)n3n2)cn1)NC1CC1. The molecule has 12 heteroatoms. The first-order valence-electron chi connectivity index (χ1n) is 7.77. The number of nitrogens with zero attached hydrogens (tertiary/aromatic N) is 6. The zero-order valence-electron chi connectivity index (χ0n) is 13.2. The van der Waals surface area contributed by atoms with Crippen molar-refractivity contribution in [3.8, 4) is 0 Å². The van der Waals surface area contributed by atoms with Crippen LogP contribution in [0.1, 0.15) is 18.7 Å². The van der Waals surface area contributed by atoms with Gasteiger partial charge in [0.05, 0.1) is 11.9 Å². The minimum Gasteiger partial charge on any atom is -0.352 e. The summed E-state index contributed by atoms with van der Waals surface area (Å²) in [5.41, 5.74) is 0.466. The Balaban J connectivity index is 1.49. The molecule has 1 aliphatic carbocycles. The van der Waals surface area contributed by atoms with E-state index in [1.165, 1.54) is 23.0 Å². The number of hydrogen-bond acceptors (Lipinski definition) is 6. The zero-order valence-corrected chi connectivity index (χ0v) is 13.2. The quantitative estimate of drug-likeness (QED) is 0.707. The van der Waals surface area contributed by atoms with Crippen molar-refractivity contribution in [1.29, 1.82) is 0 Å². The van der Waals surface area contributed by atoms with Crippen LogP contribution in [0.25, 0.3) is 5.65 Å². The van der Waals surface area contributed by atoms with Gasteiger partial charge in [0.15, 0.2) is 11.5 Å². The Kier molecular flexibility index (Phi) is 3.74. The van der Waals surface area contributed by atoms with E-state index in [0.717, 1.165) is 12.8 Å². The Labute approximate surface area is 144 Å². The van der Waals surface area contributed by atoms with Gasteiger partial charge in [0.2, 0.25) is 5.91 Å². The molecule has 1 saturated carbocycles. The molecule has 3 heterocycles. The number of amides is 1. The second-order valence-corrected chi connectivity index (χ2v) is 5.90. The molecule has 9 nitrogen and oxygen atoms in total. The lowest BCUT2D eigenvalue weighted by atomic mass is 10.4. The summed E-state index contributed by atoms with van der Waals surface area (Å²) in [5.74, 6) is -1.19. The van der Waals surface area contributed by atoms with Crippen LogP contribution in [-0.4, -0.2) is 41.5 Å². The third-order valence-corrected chi connectivity index (χ3v) is 3.67. The van der Waals surface area contributed by atoms with E-state index in [0.29, 0.717) is 10.2 Å². The van der Waals surface area contributed by atoms with E-state index in [9.17, 15) is 18.0 Å². The molecule has 3 aromatic rings. The number of nitrogens with one attached hydrogen (secondary N) is 2. The van der Waals surface area contributed by atoms with Gasteiger partial charge in [-0.3, -0.25) is 9.48 Å². The van der Waals surface area contributed by atoms with Crippen molar-refractivity contribution in [2.45, 2.75) is 31.6 Å². The van der Waals surface area contributed by atoms with E-state index in [-0.39, 0.29) is 30.0 Å². The molecule has 4 rings (SSSR count). The van der Waals surface area contributed by atoms with Gasteiger partial charge in [0.25, 0.3) is 5.82 Å². The average Bonchev–Trinajstić information content (AvgIpc) is 3.09. The Morgan fingerprint density at radius 2 is 2.08 bits per heavy atom. The molecule has 1 aliphatic rings. The van der Waals surface area contributed by atoms with E-state index in [4.69, 9.17) is 0 Å². The minimum absolute atomic E-state index is 0.0182. The highest BCUT2D eigenvalue weighted by molar-refractivity contribution is 5.76. The molecule has 136 valence electrons. The summed E-state index contributed by atoms with van der Waals surface area (Å²) in [6.45, 7) is 0.0638. The molecule has 3 aromatic heterocycles. The molecule has 0 aromatic carbocycles. The highest BCUT2D eigenvalue weighted by Gasteiger charge is 2.37. The lowest BCUT2D eigenvalue weighted by molar-refractivity contribution is -0.146. The number of carbonyl (C=O) groups excluding carboxylic acids is 1. The van der Waals surface area contributed by atoms with Gasteiger partial charge in [-0.1, -0.05) is 0 Å². The Bertz CT molecular complexity index is 959. The predicted octanol–water partition coefficient (Wildman–Crippen LogP) is 1.36. The lowest BCUT2D eigenvalue weighted by Crippen LogP contribution is -2.29. The van der Waals surface area contributed by atoms with Crippen LogP contribution in [0, 0.1) is 0 Å². The van der Waals surface area contributed by atoms with Crippen molar-refractivity contribution in [1.82, 2.24) is 34.9 Å². The van der Waals surface area contributed by atoms with Crippen LogP contribution in [0.3, 0.4) is 0 Å². The van der Waals surface area contributed by atoms with Crippen molar-refractivity contribution >= 4 is 23.1 Å². The van der Waals surface area contributed by atoms with E-state index in [1.54, 1.807) is 6.20 Å². The number of carbonyl (C=O) groups is 1. The summed E-state index contributed by atoms with van der Waals surface area (Å²) in [4.78, 5) is 11.8. The van der Waals surface area contributed by atoms with Crippen molar-refractivity contribution in [2.24, 2.45) is 0 Å². The zero-order chi connectivity index (χ0) is 18.3. The normalized spacial score (nSPS) is 14.6. The first-order valence-corrected chi connectivity index (χ1v) is 7.77. The molecule has 0 saturated heterocycles. The Hall–Kier alpha value is -3.18. The summed E-state index contributed by atoms with van der Waals surface area (Å²) < 4.78 is 40.7. The minimum atomic E-state index is -4.66. The van der Waals surface area contributed by atoms with Crippen molar-refractivity contribution in [2.75, 3.05) is 5.32 Å². The van der Waals surface area contributed by atoms with Crippen LogP contribution < -0.4 is 10.6 Å². The number of alkyl halides is 3. The fourth-order valence-electron chi connectivity index (χ4n) is 2.34. The summed E-state index contributed by atoms with van der Waals surface area (Å²) in [6, 6.07) is 3.10. The second-order valence-electron chi connectivity index (χ2n) is 5.90. The lowest BCUT2D eigenvalue weighted by Gasteiger charge is -2.06. The first-order chi connectivity index (χ1) is 12.4. The molecule has 2 N–H and O–H groups in total. The molecule has 1 amide bonds. The van der Waals surface area contributed by atoms with Gasteiger partial charge in [0.1, 0.15) is 6.54 Å². The summed E-state index contributed by atoms with van der Waals surface area (Å²) in [6.07, 6.45) is 0.344. The van der Waals surface area contributed by atoms with Crippen LogP contribution in [-0.2, 0) is 17.5 Å². The van der Waals surface area contributed by atoms with E-state index in [1.807, 2.05) is 0 Å². The fraction of sp³-hybridized carbons (Fsp3) is 0.357. The van der Waals surface area contributed by atoms with Gasteiger partial charge in [0, 0.05) is 12.2 Å². The van der Waals surface area contributed by atoms with Gasteiger partial charge >= 0.3 is 6.18 Å². The molecule has 26 heavy (non-hydrogen) atoms. The van der Waals surface area contributed by atoms with Crippen molar-refractivity contribution in [3.63, 3.8) is 0 Å². The van der Waals surface area contributed by atoms with E-state index < -0.39 is 12.0 Å². The largest absolute Gasteiger partial charge is 0.453 e.